The highest BCUT2D eigenvalue weighted by molar-refractivity contribution is 6.14. The minimum Gasteiger partial charge on any atom is -0.277 e. The van der Waals surface area contributed by atoms with Gasteiger partial charge in [-0.15, -0.1) is 0 Å². The number of halogens is 2. The van der Waals surface area contributed by atoms with Crippen molar-refractivity contribution in [2.24, 2.45) is 4.99 Å². The molecule has 2 nitrogen and oxygen atoms in total. The Morgan fingerprint density at radius 3 is 2.65 bits per heavy atom. The van der Waals surface area contributed by atoms with Crippen molar-refractivity contribution < 1.29 is 8.78 Å². The van der Waals surface area contributed by atoms with Crippen molar-refractivity contribution in [3.05, 3.63) is 64.5 Å². The average Bonchev–Trinajstić information content (AvgIpc) is 2.43. The Morgan fingerprint density at radius 2 is 1.90 bits per heavy atom. The monoisotopic (exact) mass is 272 g/mol. The van der Waals surface area contributed by atoms with Gasteiger partial charge >= 0.3 is 0 Å². The van der Waals surface area contributed by atoms with E-state index < -0.39 is 12.5 Å². The predicted molar refractivity (Wildman–Crippen MR) is 74.6 cm³/mol. The zero-order chi connectivity index (χ0) is 14.3. The highest BCUT2D eigenvalue weighted by Crippen LogP contribution is 2.35. The lowest BCUT2D eigenvalue weighted by Crippen LogP contribution is -2.27. The highest BCUT2D eigenvalue weighted by Gasteiger charge is 2.38. The van der Waals surface area contributed by atoms with Crippen LogP contribution in [-0.2, 0) is 5.92 Å². The Balaban J connectivity index is 2.16. The van der Waals surface area contributed by atoms with Gasteiger partial charge in [0, 0.05) is 28.6 Å². The van der Waals surface area contributed by atoms with Gasteiger partial charge < -0.3 is 0 Å². The quantitative estimate of drug-likeness (QED) is 0.778. The molecule has 2 heterocycles. The average molecular weight is 272 g/mol. The van der Waals surface area contributed by atoms with Crippen LogP contribution < -0.4 is 0 Å². The lowest BCUT2D eigenvalue weighted by Gasteiger charge is -2.24. The molecule has 0 N–H and O–H groups in total. The van der Waals surface area contributed by atoms with Gasteiger partial charge in [-0.05, 0) is 25.5 Å². The number of benzene rings is 1. The Kier molecular flexibility index (Phi) is 2.89. The lowest BCUT2D eigenvalue weighted by molar-refractivity contribution is 0.00480. The van der Waals surface area contributed by atoms with Gasteiger partial charge in [0.2, 0.25) is 0 Å². The number of pyridine rings is 1. The molecular formula is C16H14F2N2. The van der Waals surface area contributed by atoms with E-state index in [1.165, 1.54) is 6.07 Å². The number of alkyl halides is 2. The van der Waals surface area contributed by atoms with E-state index in [2.05, 4.69) is 9.98 Å². The second-order valence-corrected chi connectivity index (χ2v) is 5.04. The summed E-state index contributed by atoms with van der Waals surface area (Å²) in [6, 6.07) is 8.49. The number of aliphatic imine (C=N–C) groups is 1. The number of fused-ring (bicyclic) bond motifs is 1. The molecule has 0 spiro atoms. The summed E-state index contributed by atoms with van der Waals surface area (Å²) in [6.45, 7) is 3.37. The largest absolute Gasteiger partial charge is 0.293 e. The second-order valence-electron chi connectivity index (χ2n) is 5.04. The molecule has 0 aliphatic carbocycles. The van der Waals surface area contributed by atoms with Gasteiger partial charge in [0.15, 0.2) is 0 Å². The number of hydrogen-bond acceptors (Lipinski definition) is 2. The van der Waals surface area contributed by atoms with E-state index >= 15 is 0 Å². The molecule has 1 aliphatic heterocycles. The van der Waals surface area contributed by atoms with E-state index in [0.717, 1.165) is 16.8 Å². The summed E-state index contributed by atoms with van der Waals surface area (Å²) in [6.07, 6.45) is 1.70. The molecule has 1 aromatic heterocycles. The SMILES string of the molecule is Cc1cc(C2=NCC(F)(F)c3ccccc32)cnc1C. The van der Waals surface area contributed by atoms with Crippen molar-refractivity contribution in [1.82, 2.24) is 4.98 Å². The first-order valence-electron chi connectivity index (χ1n) is 6.45. The van der Waals surface area contributed by atoms with Gasteiger partial charge in [-0.2, -0.15) is 8.78 Å². The molecule has 102 valence electrons. The maximum absolute atomic E-state index is 13.9. The van der Waals surface area contributed by atoms with Crippen molar-refractivity contribution >= 4 is 5.71 Å². The molecule has 0 atom stereocenters. The number of hydrogen-bond donors (Lipinski definition) is 0. The first kappa shape index (κ1) is 12.9. The lowest BCUT2D eigenvalue weighted by atomic mass is 9.91. The molecule has 0 radical (unpaired) electrons. The first-order chi connectivity index (χ1) is 9.49. The van der Waals surface area contributed by atoms with E-state index in [4.69, 9.17) is 0 Å². The maximum Gasteiger partial charge on any atom is 0.293 e. The van der Waals surface area contributed by atoms with Gasteiger partial charge in [-0.3, -0.25) is 9.98 Å². The molecule has 0 bridgehead atoms. The first-order valence-corrected chi connectivity index (χ1v) is 6.45. The summed E-state index contributed by atoms with van der Waals surface area (Å²) in [7, 11) is 0. The van der Waals surface area contributed by atoms with Crippen LogP contribution in [0, 0.1) is 13.8 Å². The van der Waals surface area contributed by atoms with Crippen LogP contribution >= 0.6 is 0 Å². The third-order valence-electron chi connectivity index (χ3n) is 3.63. The molecule has 20 heavy (non-hydrogen) atoms. The molecule has 1 aliphatic rings. The Bertz CT molecular complexity index is 705. The van der Waals surface area contributed by atoms with Crippen molar-refractivity contribution in [2.45, 2.75) is 19.8 Å². The Morgan fingerprint density at radius 1 is 1.15 bits per heavy atom. The molecule has 4 heteroatoms. The fraction of sp³-hybridized carbons (Fsp3) is 0.250. The zero-order valence-electron chi connectivity index (χ0n) is 11.3. The van der Waals surface area contributed by atoms with Crippen LogP contribution in [0.5, 0.6) is 0 Å². The van der Waals surface area contributed by atoms with E-state index in [1.54, 1.807) is 24.4 Å². The molecule has 0 fully saturated rings. The molecular weight excluding hydrogens is 258 g/mol. The van der Waals surface area contributed by atoms with Gasteiger partial charge in [-0.25, -0.2) is 0 Å². The van der Waals surface area contributed by atoms with Gasteiger partial charge in [0.05, 0.1) is 5.71 Å². The van der Waals surface area contributed by atoms with Crippen LogP contribution in [0.25, 0.3) is 0 Å². The molecule has 0 amide bonds. The van der Waals surface area contributed by atoms with Crippen LogP contribution in [0.15, 0.2) is 41.5 Å². The molecule has 0 saturated heterocycles. The maximum atomic E-state index is 13.9. The number of aryl methyl sites for hydroxylation is 2. The molecule has 2 aromatic rings. The van der Waals surface area contributed by atoms with E-state index in [-0.39, 0.29) is 5.56 Å². The summed E-state index contributed by atoms with van der Waals surface area (Å²) in [5.41, 5.74) is 3.89. The smallest absolute Gasteiger partial charge is 0.277 e. The third kappa shape index (κ3) is 2.01. The number of nitrogens with zero attached hydrogens (tertiary/aromatic N) is 2. The fourth-order valence-corrected chi connectivity index (χ4v) is 2.38. The molecule has 3 rings (SSSR count). The molecule has 1 aromatic carbocycles. The van der Waals surface area contributed by atoms with Gasteiger partial charge in [0.1, 0.15) is 6.54 Å². The summed E-state index contributed by atoms with van der Waals surface area (Å²) < 4.78 is 27.8. The Hall–Kier alpha value is -2.10. The van der Waals surface area contributed by atoms with Crippen molar-refractivity contribution in [3.63, 3.8) is 0 Å². The van der Waals surface area contributed by atoms with E-state index in [9.17, 15) is 8.78 Å². The predicted octanol–water partition coefficient (Wildman–Crippen LogP) is 3.64. The second kappa shape index (κ2) is 4.47. The van der Waals surface area contributed by atoms with Crippen molar-refractivity contribution in [1.29, 1.82) is 0 Å². The van der Waals surface area contributed by atoms with Crippen LogP contribution in [0.2, 0.25) is 0 Å². The van der Waals surface area contributed by atoms with Crippen molar-refractivity contribution in [2.75, 3.05) is 6.54 Å². The zero-order valence-corrected chi connectivity index (χ0v) is 11.3. The summed E-state index contributed by atoms with van der Waals surface area (Å²) in [4.78, 5) is 8.39. The van der Waals surface area contributed by atoms with E-state index in [1.807, 2.05) is 19.9 Å². The number of rotatable bonds is 1. The summed E-state index contributed by atoms with van der Waals surface area (Å²) in [5, 5.41) is 0. The van der Waals surface area contributed by atoms with Crippen molar-refractivity contribution in [3.8, 4) is 0 Å². The molecule has 0 saturated carbocycles. The van der Waals surface area contributed by atoms with Crippen LogP contribution in [0.1, 0.15) is 27.9 Å². The summed E-state index contributed by atoms with van der Waals surface area (Å²) in [5.74, 6) is -2.90. The standard InChI is InChI=1S/C16H14F2N2/c1-10-7-12(8-19-11(10)2)15-13-5-3-4-6-14(13)16(17,18)9-20-15/h3-8H,9H2,1-2H3. The normalized spacial score (nSPS) is 16.5. The fourth-order valence-electron chi connectivity index (χ4n) is 2.38. The third-order valence-corrected chi connectivity index (χ3v) is 3.63. The Labute approximate surface area is 116 Å². The number of aromatic nitrogens is 1. The van der Waals surface area contributed by atoms with E-state index in [0.29, 0.717) is 11.3 Å². The van der Waals surface area contributed by atoms with Crippen LogP contribution in [-0.4, -0.2) is 17.2 Å². The summed E-state index contributed by atoms with van der Waals surface area (Å²) >= 11 is 0. The molecule has 0 unspecified atom stereocenters. The van der Waals surface area contributed by atoms with Gasteiger partial charge in [-0.1, -0.05) is 24.3 Å². The van der Waals surface area contributed by atoms with Crippen LogP contribution in [0.3, 0.4) is 0 Å². The topological polar surface area (TPSA) is 25.2 Å². The minimum absolute atomic E-state index is 0.0447. The highest BCUT2D eigenvalue weighted by atomic mass is 19.3. The van der Waals surface area contributed by atoms with Gasteiger partial charge in [0.25, 0.3) is 5.92 Å². The minimum atomic E-state index is -2.90. The van der Waals surface area contributed by atoms with Crippen LogP contribution in [0.4, 0.5) is 8.78 Å².